The topological polar surface area (TPSA) is 17.0 Å². The summed E-state index contributed by atoms with van der Waals surface area (Å²) in [6.45, 7) is 6.62. The molecule has 0 aliphatic rings. The molecule has 2 heteroatoms. The predicted octanol–water partition coefficient (Wildman–Crippen LogP) is 2.16. The average Bonchev–Trinajstić information content (AvgIpc) is 2.45. The molecule has 0 fully saturated rings. The highest BCUT2D eigenvalue weighted by Crippen LogP contribution is 2.00. The largest absolute Gasteiger partial charge is 0.357 e. The van der Waals surface area contributed by atoms with Gasteiger partial charge in [-0.15, -0.1) is 0 Å². The number of nitrogens with one attached hydrogen (secondary N) is 1. The fourth-order valence-electron chi connectivity index (χ4n) is 1.29. The van der Waals surface area contributed by atoms with Gasteiger partial charge in [-0.3, -0.25) is 0 Å². The quantitative estimate of drug-likeness (QED) is 0.687. The molecule has 0 aromatic carbocycles. The molecule has 0 aliphatic carbocycles. The van der Waals surface area contributed by atoms with Crippen molar-refractivity contribution in [2.45, 2.75) is 26.8 Å². The standard InChI is InChI=1S/C11H20N2/c1-10(2)4-6-12-8-11-5-7-13(3)9-11/h5,7,9-10,12H,4,6,8H2,1-3H3. The summed E-state index contributed by atoms with van der Waals surface area (Å²) in [6.07, 6.45) is 5.49. The molecule has 0 atom stereocenters. The molecule has 0 bridgehead atoms. The van der Waals surface area contributed by atoms with E-state index in [-0.39, 0.29) is 0 Å². The van der Waals surface area contributed by atoms with Crippen LogP contribution in [0.4, 0.5) is 0 Å². The number of aromatic nitrogens is 1. The van der Waals surface area contributed by atoms with Crippen molar-refractivity contribution in [3.8, 4) is 0 Å². The van der Waals surface area contributed by atoms with Crippen LogP contribution in [0.15, 0.2) is 18.5 Å². The van der Waals surface area contributed by atoms with Crippen molar-refractivity contribution in [2.75, 3.05) is 6.54 Å². The number of hydrogen-bond acceptors (Lipinski definition) is 1. The Labute approximate surface area is 81.0 Å². The second-order valence-electron chi connectivity index (χ2n) is 4.04. The molecular weight excluding hydrogens is 160 g/mol. The van der Waals surface area contributed by atoms with Crippen molar-refractivity contribution >= 4 is 0 Å². The Morgan fingerprint density at radius 3 is 2.77 bits per heavy atom. The van der Waals surface area contributed by atoms with Crippen LogP contribution in [0.25, 0.3) is 0 Å². The van der Waals surface area contributed by atoms with Gasteiger partial charge in [0.15, 0.2) is 0 Å². The molecule has 0 radical (unpaired) electrons. The summed E-state index contributed by atoms with van der Waals surface area (Å²) >= 11 is 0. The van der Waals surface area contributed by atoms with Gasteiger partial charge >= 0.3 is 0 Å². The fourth-order valence-corrected chi connectivity index (χ4v) is 1.29. The maximum atomic E-state index is 3.43. The van der Waals surface area contributed by atoms with Gasteiger partial charge in [-0.25, -0.2) is 0 Å². The molecule has 0 unspecified atom stereocenters. The first-order chi connectivity index (χ1) is 6.18. The lowest BCUT2D eigenvalue weighted by molar-refractivity contribution is 0.537. The number of hydrogen-bond donors (Lipinski definition) is 1. The van der Waals surface area contributed by atoms with Crippen molar-refractivity contribution in [3.63, 3.8) is 0 Å². The summed E-state index contributed by atoms with van der Waals surface area (Å²) in [4.78, 5) is 0. The summed E-state index contributed by atoms with van der Waals surface area (Å²) in [7, 11) is 2.05. The first kappa shape index (κ1) is 10.3. The first-order valence-electron chi connectivity index (χ1n) is 5.00. The van der Waals surface area contributed by atoms with Gasteiger partial charge in [-0.1, -0.05) is 13.8 Å². The van der Waals surface area contributed by atoms with Gasteiger partial charge in [0.1, 0.15) is 0 Å². The van der Waals surface area contributed by atoms with E-state index in [0.29, 0.717) is 0 Å². The van der Waals surface area contributed by atoms with Gasteiger partial charge in [0.25, 0.3) is 0 Å². The van der Waals surface area contributed by atoms with Crippen LogP contribution in [0.2, 0.25) is 0 Å². The summed E-state index contributed by atoms with van der Waals surface area (Å²) < 4.78 is 2.08. The van der Waals surface area contributed by atoms with Crippen molar-refractivity contribution in [2.24, 2.45) is 13.0 Å². The van der Waals surface area contributed by atoms with Crippen molar-refractivity contribution in [1.82, 2.24) is 9.88 Å². The van der Waals surface area contributed by atoms with Crippen LogP contribution >= 0.6 is 0 Å². The maximum Gasteiger partial charge on any atom is 0.0220 e. The van der Waals surface area contributed by atoms with E-state index in [4.69, 9.17) is 0 Å². The van der Waals surface area contributed by atoms with Crippen LogP contribution in [0.3, 0.4) is 0 Å². The average molecular weight is 180 g/mol. The highest BCUT2D eigenvalue weighted by Gasteiger charge is 1.95. The molecule has 1 aromatic rings. The van der Waals surface area contributed by atoms with E-state index in [9.17, 15) is 0 Å². The molecule has 2 nitrogen and oxygen atoms in total. The number of aryl methyl sites for hydroxylation is 1. The van der Waals surface area contributed by atoms with Gasteiger partial charge < -0.3 is 9.88 Å². The molecule has 1 rings (SSSR count). The van der Waals surface area contributed by atoms with Crippen LogP contribution in [0.1, 0.15) is 25.8 Å². The molecule has 74 valence electrons. The zero-order valence-corrected chi connectivity index (χ0v) is 8.88. The SMILES string of the molecule is CC(C)CCNCc1ccn(C)c1. The monoisotopic (exact) mass is 180 g/mol. The Morgan fingerprint density at radius 1 is 1.46 bits per heavy atom. The zero-order valence-electron chi connectivity index (χ0n) is 8.88. The number of nitrogens with zero attached hydrogens (tertiary/aromatic N) is 1. The fraction of sp³-hybridized carbons (Fsp3) is 0.636. The molecule has 0 aliphatic heterocycles. The number of rotatable bonds is 5. The molecule has 0 saturated heterocycles. The smallest absolute Gasteiger partial charge is 0.0220 e. The van der Waals surface area contributed by atoms with Crippen LogP contribution in [-0.2, 0) is 13.6 Å². The molecule has 1 N–H and O–H groups in total. The van der Waals surface area contributed by atoms with E-state index in [1.165, 1.54) is 12.0 Å². The molecule has 1 aromatic heterocycles. The Balaban J connectivity index is 2.13. The summed E-state index contributed by atoms with van der Waals surface area (Å²) in [6, 6.07) is 2.16. The minimum absolute atomic E-state index is 0.795. The molecule has 13 heavy (non-hydrogen) atoms. The highest BCUT2D eigenvalue weighted by molar-refractivity contribution is 5.09. The van der Waals surface area contributed by atoms with Crippen LogP contribution < -0.4 is 5.32 Å². The second-order valence-corrected chi connectivity index (χ2v) is 4.04. The molecule has 1 heterocycles. The summed E-state index contributed by atoms with van der Waals surface area (Å²) in [5, 5.41) is 3.43. The van der Waals surface area contributed by atoms with Crippen molar-refractivity contribution < 1.29 is 0 Å². The van der Waals surface area contributed by atoms with Crippen molar-refractivity contribution in [1.29, 1.82) is 0 Å². The molecule has 0 spiro atoms. The zero-order chi connectivity index (χ0) is 9.68. The van der Waals surface area contributed by atoms with Gasteiger partial charge in [-0.05, 0) is 30.5 Å². The lowest BCUT2D eigenvalue weighted by Crippen LogP contribution is -2.15. The van der Waals surface area contributed by atoms with Crippen molar-refractivity contribution in [3.05, 3.63) is 24.0 Å². The Bertz CT molecular complexity index is 238. The van der Waals surface area contributed by atoms with E-state index in [1.807, 2.05) is 0 Å². The van der Waals surface area contributed by atoms with E-state index < -0.39 is 0 Å². The van der Waals surface area contributed by atoms with Gasteiger partial charge in [-0.2, -0.15) is 0 Å². The van der Waals surface area contributed by atoms with Gasteiger partial charge in [0, 0.05) is 26.0 Å². The minimum atomic E-state index is 0.795. The summed E-state index contributed by atoms with van der Waals surface area (Å²) in [5.74, 6) is 0.795. The first-order valence-corrected chi connectivity index (χ1v) is 5.00. The molecule has 0 saturated carbocycles. The maximum absolute atomic E-state index is 3.43. The van der Waals surface area contributed by atoms with Gasteiger partial charge in [0.05, 0.1) is 0 Å². The molecular formula is C11H20N2. The summed E-state index contributed by atoms with van der Waals surface area (Å²) in [5.41, 5.74) is 1.37. The Hall–Kier alpha value is -0.760. The third-order valence-electron chi connectivity index (χ3n) is 2.12. The van der Waals surface area contributed by atoms with E-state index in [0.717, 1.165) is 19.0 Å². The highest BCUT2D eigenvalue weighted by atomic mass is 14.9. The van der Waals surface area contributed by atoms with E-state index >= 15 is 0 Å². The minimum Gasteiger partial charge on any atom is -0.357 e. The van der Waals surface area contributed by atoms with E-state index in [2.05, 4.69) is 49.2 Å². The van der Waals surface area contributed by atoms with E-state index in [1.54, 1.807) is 0 Å². The Morgan fingerprint density at radius 2 is 2.23 bits per heavy atom. The normalized spacial score (nSPS) is 11.1. The van der Waals surface area contributed by atoms with Crippen LogP contribution in [-0.4, -0.2) is 11.1 Å². The lowest BCUT2D eigenvalue weighted by atomic mass is 10.1. The Kier molecular flexibility index (Phi) is 4.03. The van der Waals surface area contributed by atoms with Gasteiger partial charge in [0.2, 0.25) is 0 Å². The third-order valence-corrected chi connectivity index (χ3v) is 2.12. The second kappa shape index (κ2) is 5.07. The lowest BCUT2D eigenvalue weighted by Gasteiger charge is -2.05. The van der Waals surface area contributed by atoms with Crippen LogP contribution in [0.5, 0.6) is 0 Å². The predicted molar refractivity (Wildman–Crippen MR) is 56.6 cm³/mol. The third kappa shape index (κ3) is 4.13. The molecule has 0 amide bonds. The van der Waals surface area contributed by atoms with Crippen LogP contribution in [0, 0.1) is 5.92 Å².